The zero-order chi connectivity index (χ0) is 12.5. The van der Waals surface area contributed by atoms with E-state index < -0.39 is 5.54 Å². The number of nitrogens with two attached hydrogens (primary N) is 1. The summed E-state index contributed by atoms with van der Waals surface area (Å²) in [5, 5.41) is 0. The Kier molecular flexibility index (Phi) is 3.68. The molecule has 0 amide bonds. The van der Waals surface area contributed by atoms with Crippen LogP contribution in [-0.4, -0.2) is 9.97 Å². The lowest BCUT2D eigenvalue weighted by molar-refractivity contribution is 0.503. The molecular weight excluding hydrogens is 198 g/mol. The first kappa shape index (κ1) is 13.1. The lowest BCUT2D eigenvalue weighted by Gasteiger charge is -2.20. The van der Waals surface area contributed by atoms with Crippen LogP contribution in [0, 0.1) is 0 Å². The summed E-state index contributed by atoms with van der Waals surface area (Å²) in [5.74, 6) is 1.55. The van der Waals surface area contributed by atoms with Gasteiger partial charge in [0, 0.05) is 11.4 Å². The molecule has 0 atom stereocenters. The average Bonchev–Trinajstić information content (AvgIpc) is 2.15. The van der Waals surface area contributed by atoms with Gasteiger partial charge in [-0.15, -0.1) is 0 Å². The molecular formula is C13H23N3. The highest BCUT2D eigenvalue weighted by Crippen LogP contribution is 2.21. The highest BCUT2D eigenvalue weighted by molar-refractivity contribution is 5.19. The van der Waals surface area contributed by atoms with Crippen LogP contribution in [0.1, 0.15) is 70.6 Å². The normalized spacial score (nSPS) is 12.6. The second-order valence-electron chi connectivity index (χ2n) is 5.57. The summed E-state index contributed by atoms with van der Waals surface area (Å²) in [5.41, 5.74) is 7.74. The van der Waals surface area contributed by atoms with Gasteiger partial charge in [0.25, 0.3) is 0 Å². The molecule has 0 aliphatic heterocycles. The molecule has 3 heteroatoms. The molecule has 90 valence electrons. The zero-order valence-corrected chi connectivity index (χ0v) is 11.2. The van der Waals surface area contributed by atoms with E-state index >= 15 is 0 Å². The van der Waals surface area contributed by atoms with Crippen molar-refractivity contribution >= 4 is 0 Å². The monoisotopic (exact) mass is 221 g/mol. The Bertz CT molecular complexity index is 336. The lowest BCUT2D eigenvalue weighted by Crippen LogP contribution is -2.32. The first-order chi connectivity index (χ1) is 7.21. The molecule has 0 saturated carbocycles. The van der Waals surface area contributed by atoms with Gasteiger partial charge in [-0.3, -0.25) is 0 Å². The van der Waals surface area contributed by atoms with E-state index in [0.29, 0.717) is 11.8 Å². The van der Waals surface area contributed by atoms with Crippen molar-refractivity contribution in [2.24, 2.45) is 5.73 Å². The molecule has 0 bridgehead atoms. The third-order valence-corrected chi connectivity index (χ3v) is 2.53. The Morgan fingerprint density at radius 3 is 1.62 bits per heavy atom. The Balaban J connectivity index is 3.30. The van der Waals surface area contributed by atoms with Gasteiger partial charge in [-0.05, 0) is 31.7 Å². The van der Waals surface area contributed by atoms with Gasteiger partial charge in [-0.25, -0.2) is 9.97 Å². The lowest BCUT2D eigenvalue weighted by atomic mass is 10.0. The second kappa shape index (κ2) is 4.50. The fourth-order valence-corrected chi connectivity index (χ4v) is 1.37. The highest BCUT2D eigenvalue weighted by Gasteiger charge is 2.20. The SMILES string of the molecule is CC(C)c1cc(C(C)C)nc(C(C)(C)N)n1. The summed E-state index contributed by atoms with van der Waals surface area (Å²) in [6.07, 6.45) is 0. The van der Waals surface area contributed by atoms with Gasteiger partial charge in [-0.1, -0.05) is 27.7 Å². The fraction of sp³-hybridized carbons (Fsp3) is 0.692. The van der Waals surface area contributed by atoms with Gasteiger partial charge in [0.1, 0.15) is 5.82 Å². The Hall–Kier alpha value is -0.960. The molecule has 1 aromatic rings. The predicted octanol–water partition coefficient (Wildman–Crippen LogP) is 2.92. The standard InChI is InChI=1S/C13H23N3/c1-8(2)10-7-11(9(3)4)16-12(15-10)13(5,6)14/h7-9H,14H2,1-6H3. The number of aromatic nitrogens is 2. The van der Waals surface area contributed by atoms with Crippen LogP contribution < -0.4 is 5.73 Å². The minimum Gasteiger partial charge on any atom is -0.319 e. The quantitative estimate of drug-likeness (QED) is 0.853. The summed E-state index contributed by atoms with van der Waals surface area (Å²) < 4.78 is 0. The van der Waals surface area contributed by atoms with Crippen LogP contribution in [0.25, 0.3) is 0 Å². The van der Waals surface area contributed by atoms with Crippen LogP contribution >= 0.6 is 0 Å². The number of rotatable bonds is 3. The second-order valence-corrected chi connectivity index (χ2v) is 5.57. The molecule has 0 radical (unpaired) electrons. The molecule has 2 N–H and O–H groups in total. The van der Waals surface area contributed by atoms with Crippen molar-refractivity contribution in [1.82, 2.24) is 9.97 Å². The largest absolute Gasteiger partial charge is 0.319 e. The van der Waals surface area contributed by atoms with Crippen LogP contribution in [0.5, 0.6) is 0 Å². The number of hydrogen-bond donors (Lipinski definition) is 1. The summed E-state index contributed by atoms with van der Waals surface area (Å²) >= 11 is 0. The van der Waals surface area contributed by atoms with Crippen LogP contribution in [0.4, 0.5) is 0 Å². The van der Waals surface area contributed by atoms with E-state index in [1.165, 1.54) is 0 Å². The smallest absolute Gasteiger partial charge is 0.148 e. The van der Waals surface area contributed by atoms with Gasteiger partial charge in [-0.2, -0.15) is 0 Å². The van der Waals surface area contributed by atoms with Crippen LogP contribution in [-0.2, 0) is 5.54 Å². The molecule has 0 spiro atoms. The van der Waals surface area contributed by atoms with E-state index in [4.69, 9.17) is 5.73 Å². The first-order valence-corrected chi connectivity index (χ1v) is 5.90. The van der Waals surface area contributed by atoms with Crippen molar-refractivity contribution in [1.29, 1.82) is 0 Å². The van der Waals surface area contributed by atoms with Gasteiger partial charge in [0.05, 0.1) is 5.54 Å². The van der Waals surface area contributed by atoms with Crippen LogP contribution in [0.3, 0.4) is 0 Å². The van der Waals surface area contributed by atoms with Crippen molar-refractivity contribution in [3.8, 4) is 0 Å². The fourth-order valence-electron chi connectivity index (χ4n) is 1.37. The molecule has 0 fully saturated rings. The molecule has 0 aromatic carbocycles. The Labute approximate surface area is 98.5 Å². The molecule has 1 aromatic heterocycles. The van der Waals surface area contributed by atoms with Crippen molar-refractivity contribution in [3.63, 3.8) is 0 Å². The van der Waals surface area contributed by atoms with Crippen molar-refractivity contribution in [2.45, 2.75) is 58.9 Å². The van der Waals surface area contributed by atoms with Gasteiger partial charge in [0.2, 0.25) is 0 Å². The maximum absolute atomic E-state index is 6.07. The molecule has 3 nitrogen and oxygen atoms in total. The van der Waals surface area contributed by atoms with E-state index in [1.807, 2.05) is 13.8 Å². The Morgan fingerprint density at radius 2 is 1.38 bits per heavy atom. The highest BCUT2D eigenvalue weighted by atomic mass is 15.0. The van der Waals surface area contributed by atoms with Gasteiger partial charge in [0.15, 0.2) is 0 Å². The molecule has 0 aliphatic rings. The minimum atomic E-state index is -0.478. The van der Waals surface area contributed by atoms with E-state index in [9.17, 15) is 0 Å². The maximum atomic E-state index is 6.07. The van der Waals surface area contributed by atoms with Crippen LogP contribution in [0.2, 0.25) is 0 Å². The van der Waals surface area contributed by atoms with Crippen molar-refractivity contribution in [3.05, 3.63) is 23.3 Å². The third-order valence-electron chi connectivity index (χ3n) is 2.53. The average molecular weight is 221 g/mol. The number of nitrogens with zero attached hydrogens (tertiary/aromatic N) is 2. The molecule has 16 heavy (non-hydrogen) atoms. The summed E-state index contributed by atoms with van der Waals surface area (Å²) in [7, 11) is 0. The predicted molar refractivity (Wildman–Crippen MR) is 67.4 cm³/mol. The summed E-state index contributed by atoms with van der Waals surface area (Å²) in [4.78, 5) is 9.10. The van der Waals surface area contributed by atoms with Crippen molar-refractivity contribution in [2.75, 3.05) is 0 Å². The summed E-state index contributed by atoms with van der Waals surface area (Å²) in [6, 6.07) is 2.09. The molecule has 1 rings (SSSR count). The van der Waals surface area contributed by atoms with Gasteiger partial charge >= 0.3 is 0 Å². The topological polar surface area (TPSA) is 51.8 Å². The van der Waals surface area contributed by atoms with E-state index in [2.05, 4.69) is 43.7 Å². The van der Waals surface area contributed by atoms with Gasteiger partial charge < -0.3 is 5.73 Å². The Morgan fingerprint density at radius 1 is 1.00 bits per heavy atom. The van der Waals surface area contributed by atoms with E-state index in [-0.39, 0.29) is 0 Å². The maximum Gasteiger partial charge on any atom is 0.148 e. The zero-order valence-electron chi connectivity index (χ0n) is 11.2. The molecule has 1 heterocycles. The van der Waals surface area contributed by atoms with E-state index in [0.717, 1.165) is 17.2 Å². The summed E-state index contributed by atoms with van der Waals surface area (Å²) in [6.45, 7) is 12.4. The molecule has 0 saturated heterocycles. The number of hydrogen-bond acceptors (Lipinski definition) is 3. The van der Waals surface area contributed by atoms with Crippen molar-refractivity contribution < 1.29 is 0 Å². The minimum absolute atomic E-state index is 0.404. The molecule has 0 aliphatic carbocycles. The third kappa shape index (κ3) is 3.01. The molecule has 0 unspecified atom stereocenters. The van der Waals surface area contributed by atoms with Crippen LogP contribution in [0.15, 0.2) is 6.07 Å². The van der Waals surface area contributed by atoms with E-state index in [1.54, 1.807) is 0 Å². The first-order valence-electron chi connectivity index (χ1n) is 5.90.